The fourth-order valence-corrected chi connectivity index (χ4v) is 4.16. The van der Waals surface area contributed by atoms with Crippen molar-refractivity contribution in [3.8, 4) is 11.1 Å². The molecule has 26 heavy (non-hydrogen) atoms. The molecule has 0 spiro atoms. The topological polar surface area (TPSA) is 31.9 Å². The van der Waals surface area contributed by atoms with E-state index in [1.165, 1.54) is 32.1 Å². The third-order valence-electron chi connectivity index (χ3n) is 5.75. The van der Waals surface area contributed by atoms with E-state index in [9.17, 15) is 4.39 Å². The molecule has 1 aromatic heterocycles. The number of halogens is 1. The number of aryl methyl sites for hydroxylation is 1. The van der Waals surface area contributed by atoms with E-state index in [2.05, 4.69) is 34.9 Å². The van der Waals surface area contributed by atoms with Gasteiger partial charge >= 0.3 is 0 Å². The van der Waals surface area contributed by atoms with Gasteiger partial charge in [-0.3, -0.25) is 4.90 Å². The second kappa shape index (κ2) is 7.20. The van der Waals surface area contributed by atoms with Gasteiger partial charge in [0.05, 0.1) is 17.4 Å². The minimum Gasteiger partial charge on any atom is -0.345 e. The van der Waals surface area contributed by atoms with Gasteiger partial charge in [-0.25, -0.2) is 9.37 Å². The van der Waals surface area contributed by atoms with Gasteiger partial charge in [0.1, 0.15) is 5.82 Å². The van der Waals surface area contributed by atoms with E-state index < -0.39 is 0 Å². The molecule has 1 heterocycles. The van der Waals surface area contributed by atoms with Crippen LogP contribution in [0.5, 0.6) is 0 Å². The molecule has 3 nitrogen and oxygen atoms in total. The molecule has 2 aromatic carbocycles. The van der Waals surface area contributed by atoms with Crippen molar-refractivity contribution in [1.29, 1.82) is 0 Å². The van der Waals surface area contributed by atoms with Crippen LogP contribution in [0.15, 0.2) is 36.7 Å². The first kappa shape index (κ1) is 17.2. The predicted molar refractivity (Wildman–Crippen MR) is 105 cm³/mol. The highest BCUT2D eigenvalue weighted by Gasteiger charge is 2.19. The summed E-state index contributed by atoms with van der Waals surface area (Å²) < 4.78 is 14.8. The van der Waals surface area contributed by atoms with Crippen molar-refractivity contribution in [2.45, 2.75) is 51.6 Å². The molecule has 1 saturated carbocycles. The molecule has 0 amide bonds. The summed E-state index contributed by atoms with van der Waals surface area (Å²) in [5, 5.41) is 0. The molecule has 3 aromatic rings. The summed E-state index contributed by atoms with van der Waals surface area (Å²) in [5.41, 5.74) is 5.77. The number of nitrogens with zero attached hydrogens (tertiary/aromatic N) is 2. The largest absolute Gasteiger partial charge is 0.345 e. The standard InChI is InChI=1S/C22H26FN3/c1-15-10-21-22(25-14-24-21)12-19(15)16-8-9-17(20(23)11-16)13-26(2)18-6-4-3-5-7-18/h8-12,14,18H,3-7,13H2,1-2H3,(H,24,25). The molecule has 1 fully saturated rings. The summed E-state index contributed by atoms with van der Waals surface area (Å²) in [4.78, 5) is 9.76. The first-order valence-electron chi connectivity index (χ1n) is 9.54. The summed E-state index contributed by atoms with van der Waals surface area (Å²) in [7, 11) is 2.12. The third-order valence-corrected chi connectivity index (χ3v) is 5.75. The third kappa shape index (κ3) is 3.38. The molecule has 0 saturated heterocycles. The highest BCUT2D eigenvalue weighted by atomic mass is 19.1. The van der Waals surface area contributed by atoms with Gasteiger partial charge in [0.2, 0.25) is 0 Å². The Bertz CT molecular complexity index is 909. The van der Waals surface area contributed by atoms with E-state index in [1.807, 2.05) is 18.2 Å². The minimum absolute atomic E-state index is 0.119. The Labute approximate surface area is 154 Å². The van der Waals surface area contributed by atoms with Crippen molar-refractivity contribution in [3.05, 3.63) is 53.6 Å². The van der Waals surface area contributed by atoms with Crippen LogP contribution in [0.2, 0.25) is 0 Å². The van der Waals surface area contributed by atoms with Crippen molar-refractivity contribution in [2.75, 3.05) is 7.05 Å². The van der Waals surface area contributed by atoms with E-state index in [1.54, 1.807) is 12.4 Å². The highest BCUT2D eigenvalue weighted by Crippen LogP contribution is 2.29. The summed E-state index contributed by atoms with van der Waals surface area (Å²) in [5.74, 6) is -0.119. The summed E-state index contributed by atoms with van der Waals surface area (Å²) in [6.07, 6.45) is 8.10. The molecule has 0 aliphatic heterocycles. The van der Waals surface area contributed by atoms with E-state index in [0.29, 0.717) is 12.6 Å². The Hall–Kier alpha value is -2.20. The maximum atomic E-state index is 14.8. The molecule has 0 atom stereocenters. The Morgan fingerprint density at radius 2 is 1.96 bits per heavy atom. The van der Waals surface area contributed by atoms with Crippen LogP contribution in [0, 0.1) is 12.7 Å². The first-order valence-corrected chi connectivity index (χ1v) is 9.54. The van der Waals surface area contributed by atoms with Gasteiger partial charge in [-0.2, -0.15) is 0 Å². The van der Waals surface area contributed by atoms with Crippen molar-refractivity contribution in [1.82, 2.24) is 14.9 Å². The van der Waals surface area contributed by atoms with Crippen LogP contribution < -0.4 is 0 Å². The van der Waals surface area contributed by atoms with Crippen LogP contribution in [-0.2, 0) is 6.54 Å². The highest BCUT2D eigenvalue weighted by molar-refractivity contribution is 5.83. The van der Waals surface area contributed by atoms with Crippen molar-refractivity contribution in [2.24, 2.45) is 0 Å². The molecular formula is C22H26FN3. The zero-order valence-electron chi connectivity index (χ0n) is 15.6. The quantitative estimate of drug-likeness (QED) is 0.678. The number of H-pyrrole nitrogens is 1. The lowest BCUT2D eigenvalue weighted by Gasteiger charge is -2.31. The molecule has 1 N–H and O–H groups in total. The van der Waals surface area contributed by atoms with Crippen molar-refractivity contribution in [3.63, 3.8) is 0 Å². The van der Waals surface area contributed by atoms with E-state index in [0.717, 1.165) is 33.3 Å². The molecule has 0 radical (unpaired) electrons. The molecule has 136 valence electrons. The summed E-state index contributed by atoms with van der Waals surface area (Å²) in [6, 6.07) is 10.3. The van der Waals surface area contributed by atoms with Crippen LogP contribution in [0.1, 0.15) is 43.2 Å². The van der Waals surface area contributed by atoms with Crippen molar-refractivity contribution < 1.29 is 4.39 Å². The molecule has 0 unspecified atom stereocenters. The lowest BCUT2D eigenvalue weighted by atomic mass is 9.94. The van der Waals surface area contributed by atoms with Crippen molar-refractivity contribution >= 4 is 11.0 Å². The fraction of sp³-hybridized carbons (Fsp3) is 0.409. The van der Waals surface area contributed by atoms with Gasteiger partial charge < -0.3 is 4.98 Å². The lowest BCUT2D eigenvalue weighted by molar-refractivity contribution is 0.182. The average molecular weight is 351 g/mol. The van der Waals surface area contributed by atoms with Gasteiger partial charge in [0.25, 0.3) is 0 Å². The summed E-state index contributed by atoms with van der Waals surface area (Å²) >= 11 is 0. The molecule has 4 heteroatoms. The number of imidazole rings is 1. The number of aromatic nitrogens is 2. The Balaban J connectivity index is 1.57. The smallest absolute Gasteiger partial charge is 0.128 e. The average Bonchev–Trinajstić information content (AvgIpc) is 3.10. The van der Waals surface area contributed by atoms with Gasteiger partial charge in [-0.15, -0.1) is 0 Å². The number of fused-ring (bicyclic) bond motifs is 1. The van der Waals surface area contributed by atoms with E-state index in [-0.39, 0.29) is 5.82 Å². The van der Waals surface area contributed by atoms with Gasteiger partial charge in [0.15, 0.2) is 0 Å². The zero-order chi connectivity index (χ0) is 18.1. The normalized spacial score (nSPS) is 15.8. The van der Waals surface area contributed by atoms with E-state index in [4.69, 9.17) is 0 Å². The summed E-state index contributed by atoms with van der Waals surface area (Å²) in [6.45, 7) is 2.73. The van der Waals surface area contributed by atoms with Crippen LogP contribution in [0.3, 0.4) is 0 Å². The maximum absolute atomic E-state index is 14.8. The number of hydrogen-bond acceptors (Lipinski definition) is 2. The number of aromatic amines is 1. The molecule has 1 aliphatic carbocycles. The van der Waals surface area contributed by atoms with Gasteiger partial charge in [0, 0.05) is 18.2 Å². The first-order chi connectivity index (χ1) is 12.6. The van der Waals surface area contributed by atoms with E-state index >= 15 is 0 Å². The Kier molecular flexibility index (Phi) is 4.77. The monoisotopic (exact) mass is 351 g/mol. The predicted octanol–water partition coefficient (Wildman–Crippen LogP) is 5.44. The number of rotatable bonds is 4. The lowest BCUT2D eigenvalue weighted by Crippen LogP contribution is -2.33. The molecular weight excluding hydrogens is 325 g/mol. The fourth-order valence-electron chi connectivity index (χ4n) is 4.16. The number of nitrogens with one attached hydrogen (secondary N) is 1. The van der Waals surface area contributed by atoms with Crippen LogP contribution in [-0.4, -0.2) is 28.0 Å². The Morgan fingerprint density at radius 3 is 2.73 bits per heavy atom. The van der Waals surface area contributed by atoms with Gasteiger partial charge in [-0.05, 0) is 61.7 Å². The molecule has 0 bridgehead atoms. The Morgan fingerprint density at radius 1 is 1.15 bits per heavy atom. The minimum atomic E-state index is -0.119. The number of hydrogen-bond donors (Lipinski definition) is 1. The SMILES string of the molecule is Cc1cc2[nH]cnc2cc1-c1ccc(CN(C)C2CCCCC2)c(F)c1. The van der Waals surface area contributed by atoms with Crippen LogP contribution in [0.4, 0.5) is 4.39 Å². The zero-order valence-corrected chi connectivity index (χ0v) is 15.6. The number of benzene rings is 2. The van der Waals surface area contributed by atoms with Crippen LogP contribution >= 0.6 is 0 Å². The maximum Gasteiger partial charge on any atom is 0.128 e. The second-order valence-corrected chi connectivity index (χ2v) is 7.60. The molecule has 1 aliphatic rings. The van der Waals surface area contributed by atoms with Gasteiger partial charge in [-0.1, -0.05) is 31.4 Å². The van der Waals surface area contributed by atoms with Crippen LogP contribution in [0.25, 0.3) is 22.2 Å². The molecule has 4 rings (SSSR count). The second-order valence-electron chi connectivity index (χ2n) is 7.60.